The molecule has 0 unspecified atom stereocenters. The third-order valence-corrected chi connectivity index (χ3v) is 5.97. The monoisotopic (exact) mass is 396 g/mol. The molecule has 2 N–H and O–H groups in total. The highest BCUT2D eigenvalue weighted by Crippen LogP contribution is 2.37. The second kappa shape index (κ2) is 10.6. The molecule has 0 atom stereocenters. The number of unbranched alkanes of at least 4 members (excludes halogenated alkanes) is 8. The summed E-state index contributed by atoms with van der Waals surface area (Å²) in [5.41, 5.74) is 3.36. The molecule has 0 spiro atoms. The minimum Gasteiger partial charge on any atom is -0.508 e. The summed E-state index contributed by atoms with van der Waals surface area (Å²) in [7, 11) is 0. The molecule has 3 rings (SSSR count). The van der Waals surface area contributed by atoms with Crippen LogP contribution in [-0.2, 0) is 12.8 Å². The first-order chi connectivity index (χ1) is 14.1. The summed E-state index contributed by atoms with van der Waals surface area (Å²) >= 11 is 0. The quantitative estimate of drug-likeness (QED) is 0.305. The number of phenols is 2. The first-order valence-corrected chi connectivity index (χ1v) is 11.5. The van der Waals surface area contributed by atoms with E-state index in [1.165, 1.54) is 51.4 Å². The van der Waals surface area contributed by atoms with Crippen molar-refractivity contribution in [2.45, 2.75) is 90.9 Å². The zero-order valence-corrected chi connectivity index (χ0v) is 18.1. The summed E-state index contributed by atoms with van der Waals surface area (Å²) < 4.78 is 5.92. The van der Waals surface area contributed by atoms with Crippen LogP contribution < -0.4 is 0 Å². The van der Waals surface area contributed by atoms with Crippen molar-refractivity contribution < 1.29 is 14.6 Å². The van der Waals surface area contributed by atoms with Crippen LogP contribution in [0, 0.1) is 0 Å². The molecule has 0 saturated carbocycles. The van der Waals surface area contributed by atoms with Crippen molar-refractivity contribution in [3.05, 3.63) is 35.4 Å². The van der Waals surface area contributed by atoms with Gasteiger partial charge >= 0.3 is 0 Å². The maximum absolute atomic E-state index is 10.4. The Balaban J connectivity index is 1.79. The van der Waals surface area contributed by atoms with Gasteiger partial charge in [-0.25, -0.2) is 0 Å². The first-order valence-electron chi connectivity index (χ1n) is 11.5. The van der Waals surface area contributed by atoms with Crippen LogP contribution >= 0.6 is 0 Å². The zero-order chi connectivity index (χ0) is 20.6. The fourth-order valence-corrected chi connectivity index (χ4v) is 4.17. The third-order valence-electron chi connectivity index (χ3n) is 5.97. The maximum Gasteiger partial charge on any atom is 0.139 e. The molecule has 158 valence electrons. The largest absolute Gasteiger partial charge is 0.508 e. The minimum absolute atomic E-state index is 0.312. The Morgan fingerprint density at radius 2 is 1.00 bits per heavy atom. The van der Waals surface area contributed by atoms with Gasteiger partial charge in [0.05, 0.1) is 0 Å². The van der Waals surface area contributed by atoms with Gasteiger partial charge in [0, 0.05) is 22.9 Å². The lowest BCUT2D eigenvalue weighted by Gasteiger charge is -2.06. The zero-order valence-electron chi connectivity index (χ0n) is 18.1. The van der Waals surface area contributed by atoms with Crippen molar-refractivity contribution in [1.82, 2.24) is 0 Å². The van der Waals surface area contributed by atoms with Crippen molar-refractivity contribution in [3.8, 4) is 11.5 Å². The first kappa shape index (κ1) is 21.5. The summed E-state index contributed by atoms with van der Waals surface area (Å²) in [5.74, 6) is 0.625. The molecule has 0 radical (unpaired) electrons. The second-order valence-corrected chi connectivity index (χ2v) is 8.38. The topological polar surface area (TPSA) is 53.6 Å². The van der Waals surface area contributed by atoms with E-state index in [9.17, 15) is 10.2 Å². The number of aryl methyl sites for hydroxylation is 2. The van der Waals surface area contributed by atoms with Crippen LogP contribution in [0.25, 0.3) is 21.9 Å². The standard InChI is InChI=1S/C26H36O3/c1-3-5-7-9-11-13-19-15-21-22-16-20(14-12-10-8-6-4-2)24(28)18-26(22)29-25(21)17-23(19)27/h15-18,27-28H,3-14H2,1-2H3. The van der Waals surface area contributed by atoms with Crippen LogP contribution in [0.4, 0.5) is 0 Å². The number of hydrogen-bond acceptors (Lipinski definition) is 3. The number of phenolic OH excluding ortho intramolecular Hbond substituents is 2. The van der Waals surface area contributed by atoms with E-state index in [2.05, 4.69) is 26.0 Å². The average Bonchev–Trinajstić information content (AvgIpc) is 3.03. The van der Waals surface area contributed by atoms with E-state index < -0.39 is 0 Å². The molecule has 1 heterocycles. The lowest BCUT2D eigenvalue weighted by atomic mass is 10.00. The normalized spacial score (nSPS) is 11.7. The van der Waals surface area contributed by atoms with Crippen LogP contribution in [0.3, 0.4) is 0 Å². The van der Waals surface area contributed by atoms with Gasteiger partial charge in [0.15, 0.2) is 0 Å². The summed E-state index contributed by atoms with van der Waals surface area (Å²) in [5, 5.41) is 22.9. The molecular weight excluding hydrogens is 360 g/mol. The molecular formula is C26H36O3. The molecule has 0 saturated heterocycles. The average molecular weight is 397 g/mol. The molecule has 0 fully saturated rings. The van der Waals surface area contributed by atoms with E-state index >= 15 is 0 Å². The maximum atomic E-state index is 10.4. The van der Waals surface area contributed by atoms with Crippen molar-refractivity contribution in [1.29, 1.82) is 0 Å². The second-order valence-electron chi connectivity index (χ2n) is 8.38. The van der Waals surface area contributed by atoms with Gasteiger partial charge in [-0.2, -0.15) is 0 Å². The fraction of sp³-hybridized carbons (Fsp3) is 0.538. The lowest BCUT2D eigenvalue weighted by molar-refractivity contribution is 0.465. The summed E-state index contributed by atoms with van der Waals surface area (Å²) in [6.07, 6.45) is 13.9. The van der Waals surface area contributed by atoms with Crippen molar-refractivity contribution in [3.63, 3.8) is 0 Å². The van der Waals surface area contributed by atoms with Gasteiger partial charge in [-0.3, -0.25) is 0 Å². The van der Waals surface area contributed by atoms with Gasteiger partial charge in [-0.1, -0.05) is 65.2 Å². The molecule has 0 bridgehead atoms. The van der Waals surface area contributed by atoms with Gasteiger partial charge in [0.1, 0.15) is 22.7 Å². The Labute approximate surface area is 174 Å². The molecule has 0 aliphatic carbocycles. The highest BCUT2D eigenvalue weighted by Gasteiger charge is 2.14. The predicted octanol–water partition coefficient (Wildman–Crippen LogP) is 8.02. The number of rotatable bonds is 12. The highest BCUT2D eigenvalue weighted by molar-refractivity contribution is 6.06. The lowest BCUT2D eigenvalue weighted by Crippen LogP contribution is -1.88. The van der Waals surface area contributed by atoms with Crippen LogP contribution in [0.15, 0.2) is 28.7 Å². The van der Waals surface area contributed by atoms with Crippen LogP contribution in [0.5, 0.6) is 11.5 Å². The van der Waals surface area contributed by atoms with Gasteiger partial charge in [-0.15, -0.1) is 0 Å². The van der Waals surface area contributed by atoms with E-state index in [0.29, 0.717) is 22.7 Å². The van der Waals surface area contributed by atoms with E-state index in [1.807, 2.05) is 0 Å². The van der Waals surface area contributed by atoms with E-state index in [-0.39, 0.29) is 0 Å². The van der Waals surface area contributed by atoms with E-state index in [4.69, 9.17) is 4.42 Å². The Morgan fingerprint density at radius 1 is 0.586 bits per heavy atom. The van der Waals surface area contributed by atoms with Crippen molar-refractivity contribution in [2.24, 2.45) is 0 Å². The Hall–Kier alpha value is -2.16. The molecule has 3 heteroatoms. The summed E-state index contributed by atoms with van der Waals surface area (Å²) in [4.78, 5) is 0. The number of aromatic hydroxyl groups is 2. The number of hydrogen-bond donors (Lipinski definition) is 2. The van der Waals surface area contributed by atoms with Crippen LogP contribution in [0.2, 0.25) is 0 Å². The summed E-state index contributed by atoms with van der Waals surface area (Å²) in [6.45, 7) is 4.45. The molecule has 29 heavy (non-hydrogen) atoms. The number of furan rings is 1. The van der Waals surface area contributed by atoms with Gasteiger partial charge in [-0.05, 0) is 48.9 Å². The smallest absolute Gasteiger partial charge is 0.139 e. The van der Waals surface area contributed by atoms with Gasteiger partial charge < -0.3 is 14.6 Å². The van der Waals surface area contributed by atoms with E-state index in [0.717, 1.165) is 47.6 Å². The SMILES string of the molecule is CCCCCCCc1cc2c(cc1O)oc1cc(O)c(CCCCCCC)cc12. The predicted molar refractivity (Wildman–Crippen MR) is 122 cm³/mol. The van der Waals surface area contributed by atoms with Crippen LogP contribution in [-0.4, -0.2) is 10.2 Å². The number of benzene rings is 2. The van der Waals surface area contributed by atoms with Gasteiger partial charge in [0.25, 0.3) is 0 Å². The third kappa shape index (κ3) is 5.46. The number of fused-ring (bicyclic) bond motifs is 3. The van der Waals surface area contributed by atoms with Gasteiger partial charge in [0.2, 0.25) is 0 Å². The minimum atomic E-state index is 0.312. The van der Waals surface area contributed by atoms with Crippen molar-refractivity contribution in [2.75, 3.05) is 0 Å². The Morgan fingerprint density at radius 3 is 1.41 bits per heavy atom. The molecule has 3 nitrogen and oxygen atoms in total. The Kier molecular flexibility index (Phi) is 7.85. The molecule has 3 aromatic rings. The highest BCUT2D eigenvalue weighted by atomic mass is 16.3. The molecule has 0 aliphatic rings. The Bertz CT molecular complexity index is 848. The van der Waals surface area contributed by atoms with Crippen LogP contribution in [0.1, 0.15) is 89.2 Å². The van der Waals surface area contributed by atoms with Crippen molar-refractivity contribution >= 4 is 21.9 Å². The molecule has 1 aromatic heterocycles. The molecule has 0 aliphatic heterocycles. The van der Waals surface area contributed by atoms with E-state index in [1.54, 1.807) is 12.1 Å². The summed E-state index contributed by atoms with van der Waals surface area (Å²) in [6, 6.07) is 7.63. The molecule has 2 aromatic carbocycles. The fourth-order valence-electron chi connectivity index (χ4n) is 4.17. The molecule has 0 amide bonds.